The second-order valence-corrected chi connectivity index (χ2v) is 4.39. The third kappa shape index (κ3) is 3.04. The Morgan fingerprint density at radius 3 is 2.33 bits per heavy atom. The van der Waals surface area contributed by atoms with Crippen LogP contribution in [0.3, 0.4) is 0 Å². The van der Waals surface area contributed by atoms with E-state index in [-0.39, 0.29) is 4.87 Å². The van der Waals surface area contributed by atoms with Crippen molar-refractivity contribution in [3.63, 3.8) is 0 Å². The van der Waals surface area contributed by atoms with Gasteiger partial charge in [0.25, 0.3) is 0 Å². The molecule has 1 unspecified atom stereocenters. The molecule has 0 saturated heterocycles. The highest BCUT2D eigenvalue weighted by Gasteiger charge is 2.19. The molecule has 0 N–H and O–H groups in total. The van der Waals surface area contributed by atoms with Gasteiger partial charge in [-0.05, 0) is 18.9 Å². The average molecular weight is 203 g/mol. The van der Waals surface area contributed by atoms with Crippen LogP contribution in [-0.4, -0.2) is 10.8 Å². The lowest BCUT2D eigenvalue weighted by Gasteiger charge is -2.18. The van der Waals surface area contributed by atoms with Gasteiger partial charge in [-0.1, -0.05) is 30.3 Å². The van der Waals surface area contributed by atoms with Crippen molar-refractivity contribution in [2.24, 2.45) is 0 Å². The zero-order valence-electron chi connectivity index (χ0n) is 7.06. The lowest BCUT2D eigenvalue weighted by molar-refractivity contribution is 0.701. The molecule has 0 aliphatic heterocycles. The average Bonchev–Trinajstić information content (AvgIpc) is 2.06. The fourth-order valence-electron chi connectivity index (χ4n) is 1.07. The molecule has 1 aromatic rings. The number of alkyl halides is 2. The minimum atomic E-state index is -0.317. The summed E-state index contributed by atoms with van der Waals surface area (Å²) in [5, 5.41) is 0. The van der Waals surface area contributed by atoms with Crippen molar-refractivity contribution in [2.45, 2.75) is 18.2 Å². The molecule has 0 aliphatic rings. The van der Waals surface area contributed by atoms with E-state index in [1.54, 1.807) is 0 Å². The van der Waals surface area contributed by atoms with Gasteiger partial charge in [0.15, 0.2) is 0 Å². The van der Waals surface area contributed by atoms with Gasteiger partial charge in [-0.25, -0.2) is 0 Å². The molecular formula is C10H12Cl2. The van der Waals surface area contributed by atoms with Crippen molar-refractivity contribution in [3.05, 3.63) is 35.9 Å². The lowest BCUT2D eigenvalue weighted by Crippen LogP contribution is -2.21. The normalized spacial score (nSPS) is 15.6. The molecule has 0 bridgehead atoms. The monoisotopic (exact) mass is 202 g/mol. The smallest absolute Gasteiger partial charge is 0.0593 e. The summed E-state index contributed by atoms with van der Waals surface area (Å²) in [6.45, 7) is 1.95. The Labute approximate surface area is 83.5 Å². The SMILES string of the molecule is CC(Cl)(CCl)Cc1ccccc1. The number of hydrogen-bond donors (Lipinski definition) is 0. The molecule has 2 heteroatoms. The minimum absolute atomic E-state index is 0.317. The van der Waals surface area contributed by atoms with Crippen LogP contribution < -0.4 is 0 Å². The number of hydrogen-bond acceptors (Lipinski definition) is 0. The Hall–Kier alpha value is -0.200. The summed E-state index contributed by atoms with van der Waals surface area (Å²) in [4.78, 5) is -0.317. The third-order valence-electron chi connectivity index (χ3n) is 1.69. The molecule has 0 aliphatic carbocycles. The van der Waals surface area contributed by atoms with Gasteiger partial charge in [0, 0.05) is 5.88 Å². The van der Waals surface area contributed by atoms with Crippen molar-refractivity contribution in [2.75, 3.05) is 5.88 Å². The second-order valence-electron chi connectivity index (χ2n) is 3.21. The summed E-state index contributed by atoms with van der Waals surface area (Å²) < 4.78 is 0. The summed E-state index contributed by atoms with van der Waals surface area (Å²) in [5.41, 5.74) is 1.23. The first-order valence-electron chi connectivity index (χ1n) is 3.93. The molecule has 0 radical (unpaired) electrons. The molecule has 0 saturated carbocycles. The van der Waals surface area contributed by atoms with Crippen LogP contribution in [0.15, 0.2) is 30.3 Å². The molecule has 1 atom stereocenters. The summed E-state index contributed by atoms with van der Waals surface area (Å²) in [5.74, 6) is 0.476. The van der Waals surface area contributed by atoms with Gasteiger partial charge in [0.1, 0.15) is 0 Å². The highest BCUT2D eigenvalue weighted by Crippen LogP contribution is 2.21. The van der Waals surface area contributed by atoms with Crippen LogP contribution >= 0.6 is 23.2 Å². The van der Waals surface area contributed by atoms with E-state index < -0.39 is 0 Å². The fraction of sp³-hybridized carbons (Fsp3) is 0.400. The van der Waals surface area contributed by atoms with E-state index in [2.05, 4.69) is 12.1 Å². The maximum absolute atomic E-state index is 6.12. The van der Waals surface area contributed by atoms with E-state index in [0.29, 0.717) is 5.88 Å². The van der Waals surface area contributed by atoms with Gasteiger partial charge in [-0.2, -0.15) is 0 Å². The van der Waals surface area contributed by atoms with E-state index in [1.807, 2.05) is 25.1 Å². The zero-order chi connectivity index (χ0) is 9.03. The van der Waals surface area contributed by atoms with Gasteiger partial charge in [0.05, 0.1) is 4.87 Å². The third-order valence-corrected chi connectivity index (χ3v) is 2.69. The summed E-state index contributed by atoms with van der Waals surface area (Å²) in [7, 11) is 0. The molecule has 66 valence electrons. The first-order valence-corrected chi connectivity index (χ1v) is 4.84. The Bertz CT molecular complexity index is 229. The number of benzene rings is 1. The molecule has 0 fully saturated rings. The first kappa shape index (κ1) is 9.88. The maximum Gasteiger partial charge on any atom is 0.0593 e. The lowest BCUT2D eigenvalue weighted by atomic mass is 10.0. The van der Waals surface area contributed by atoms with Crippen LogP contribution in [0.5, 0.6) is 0 Å². The highest BCUT2D eigenvalue weighted by atomic mass is 35.5. The molecule has 0 heterocycles. The quantitative estimate of drug-likeness (QED) is 0.660. The molecule has 1 rings (SSSR count). The van der Waals surface area contributed by atoms with Crippen molar-refractivity contribution >= 4 is 23.2 Å². The molecule has 0 nitrogen and oxygen atoms in total. The van der Waals surface area contributed by atoms with Crippen LogP contribution in [0.1, 0.15) is 12.5 Å². The topological polar surface area (TPSA) is 0 Å². The van der Waals surface area contributed by atoms with Crippen molar-refractivity contribution in [1.29, 1.82) is 0 Å². The van der Waals surface area contributed by atoms with Gasteiger partial charge in [-0.3, -0.25) is 0 Å². The van der Waals surface area contributed by atoms with Crippen molar-refractivity contribution in [1.82, 2.24) is 0 Å². The summed E-state index contributed by atoms with van der Waals surface area (Å²) >= 11 is 11.8. The van der Waals surface area contributed by atoms with Gasteiger partial charge >= 0.3 is 0 Å². The van der Waals surface area contributed by atoms with Crippen molar-refractivity contribution in [3.8, 4) is 0 Å². The van der Waals surface area contributed by atoms with Crippen LogP contribution in [0.25, 0.3) is 0 Å². The highest BCUT2D eigenvalue weighted by molar-refractivity contribution is 6.30. The Morgan fingerprint density at radius 1 is 1.25 bits per heavy atom. The van der Waals surface area contributed by atoms with E-state index >= 15 is 0 Å². The van der Waals surface area contributed by atoms with Crippen LogP contribution in [-0.2, 0) is 6.42 Å². The van der Waals surface area contributed by atoms with Crippen molar-refractivity contribution < 1.29 is 0 Å². The molecule has 12 heavy (non-hydrogen) atoms. The predicted molar refractivity (Wildman–Crippen MR) is 55.1 cm³/mol. The van der Waals surface area contributed by atoms with E-state index in [9.17, 15) is 0 Å². The fourth-order valence-corrected chi connectivity index (χ4v) is 1.32. The summed E-state index contributed by atoms with van der Waals surface area (Å²) in [6.07, 6.45) is 0.818. The maximum atomic E-state index is 6.12. The largest absolute Gasteiger partial charge is 0.125 e. The van der Waals surface area contributed by atoms with E-state index in [0.717, 1.165) is 6.42 Å². The predicted octanol–water partition coefficient (Wildman–Crippen LogP) is 3.47. The minimum Gasteiger partial charge on any atom is -0.125 e. The van der Waals surface area contributed by atoms with E-state index in [4.69, 9.17) is 23.2 Å². The van der Waals surface area contributed by atoms with Crippen LogP contribution in [0.2, 0.25) is 0 Å². The number of rotatable bonds is 3. The van der Waals surface area contributed by atoms with Gasteiger partial charge in [-0.15, -0.1) is 23.2 Å². The zero-order valence-corrected chi connectivity index (χ0v) is 8.57. The molecule has 0 amide bonds. The molecular weight excluding hydrogens is 191 g/mol. The van der Waals surface area contributed by atoms with Crippen LogP contribution in [0, 0.1) is 0 Å². The Morgan fingerprint density at radius 2 is 1.83 bits per heavy atom. The van der Waals surface area contributed by atoms with Gasteiger partial charge in [0.2, 0.25) is 0 Å². The van der Waals surface area contributed by atoms with Gasteiger partial charge < -0.3 is 0 Å². The molecule has 1 aromatic carbocycles. The Balaban J connectivity index is 2.64. The number of halogens is 2. The standard InChI is InChI=1S/C10H12Cl2/c1-10(12,8-11)7-9-5-3-2-4-6-9/h2-6H,7-8H2,1H3. The summed E-state index contributed by atoms with van der Waals surface area (Å²) in [6, 6.07) is 10.1. The Kier molecular flexibility index (Phi) is 3.42. The van der Waals surface area contributed by atoms with Crippen LogP contribution in [0.4, 0.5) is 0 Å². The molecule has 0 spiro atoms. The first-order chi connectivity index (χ1) is 5.64. The second kappa shape index (κ2) is 4.15. The molecule has 0 aromatic heterocycles. The van der Waals surface area contributed by atoms with E-state index in [1.165, 1.54) is 5.56 Å².